The Morgan fingerprint density at radius 1 is 1.17 bits per heavy atom. The van der Waals surface area contributed by atoms with Gasteiger partial charge in [-0.25, -0.2) is 4.79 Å². The van der Waals surface area contributed by atoms with Crippen LogP contribution in [0.15, 0.2) is 24.3 Å². The van der Waals surface area contributed by atoms with Crippen LogP contribution in [0.3, 0.4) is 0 Å². The van der Waals surface area contributed by atoms with Gasteiger partial charge in [-0.3, -0.25) is 4.79 Å². The van der Waals surface area contributed by atoms with Gasteiger partial charge in [-0.05, 0) is 29.9 Å². The molecule has 0 aromatic heterocycles. The number of aliphatic carboxylic acids is 1. The maximum absolute atomic E-state index is 12.9. The van der Waals surface area contributed by atoms with Gasteiger partial charge in [-0.15, -0.1) is 0 Å². The summed E-state index contributed by atoms with van der Waals surface area (Å²) < 4.78 is 0. The zero-order valence-corrected chi connectivity index (χ0v) is 14.4. The number of aliphatic hydroxyl groups is 1. The lowest BCUT2D eigenvalue weighted by atomic mass is 9.77. The summed E-state index contributed by atoms with van der Waals surface area (Å²) in [7, 11) is 0. The molecular formula is C19H27NO4. The van der Waals surface area contributed by atoms with Crippen LogP contribution >= 0.6 is 0 Å². The maximum atomic E-state index is 12.9. The Morgan fingerprint density at radius 3 is 2.21 bits per heavy atom. The van der Waals surface area contributed by atoms with Gasteiger partial charge in [0.05, 0.1) is 5.41 Å². The highest BCUT2D eigenvalue weighted by Crippen LogP contribution is 2.41. The van der Waals surface area contributed by atoms with Crippen molar-refractivity contribution in [3.8, 4) is 0 Å². The lowest BCUT2D eigenvalue weighted by Gasteiger charge is -2.30. The highest BCUT2D eigenvalue weighted by atomic mass is 16.4. The Hall–Kier alpha value is -1.88. The first-order valence-corrected chi connectivity index (χ1v) is 8.66. The molecule has 0 radical (unpaired) electrons. The van der Waals surface area contributed by atoms with E-state index in [9.17, 15) is 14.7 Å². The van der Waals surface area contributed by atoms with Gasteiger partial charge in [-0.1, -0.05) is 51.0 Å². The van der Waals surface area contributed by atoms with Gasteiger partial charge in [0.15, 0.2) is 0 Å². The molecule has 0 spiro atoms. The topological polar surface area (TPSA) is 86.6 Å². The van der Waals surface area contributed by atoms with Crippen LogP contribution in [-0.4, -0.2) is 34.7 Å². The molecule has 1 fully saturated rings. The highest BCUT2D eigenvalue weighted by molar-refractivity contribution is 5.91. The first kappa shape index (κ1) is 18.5. The highest BCUT2D eigenvalue weighted by Gasteiger charge is 2.43. The number of amides is 1. The molecule has 1 aliphatic rings. The maximum Gasteiger partial charge on any atom is 0.326 e. The molecule has 5 nitrogen and oxygen atoms in total. The number of carbonyl (C=O) groups excluding carboxylic acids is 1. The average molecular weight is 333 g/mol. The molecule has 1 saturated carbocycles. The van der Waals surface area contributed by atoms with E-state index in [0.717, 1.165) is 31.2 Å². The zero-order valence-electron chi connectivity index (χ0n) is 14.4. The molecule has 1 atom stereocenters. The molecule has 0 heterocycles. The van der Waals surface area contributed by atoms with E-state index in [1.165, 1.54) is 5.56 Å². The van der Waals surface area contributed by atoms with E-state index in [-0.39, 0.29) is 18.9 Å². The Morgan fingerprint density at radius 2 is 1.75 bits per heavy atom. The molecular weight excluding hydrogens is 306 g/mol. The van der Waals surface area contributed by atoms with Crippen LogP contribution in [0.1, 0.15) is 63.0 Å². The minimum Gasteiger partial charge on any atom is -0.480 e. The first-order valence-electron chi connectivity index (χ1n) is 8.66. The van der Waals surface area contributed by atoms with Gasteiger partial charge in [0.2, 0.25) is 5.91 Å². The number of carboxylic acid groups (broad SMARTS) is 1. The van der Waals surface area contributed by atoms with E-state index in [1.54, 1.807) is 0 Å². The summed E-state index contributed by atoms with van der Waals surface area (Å²) in [5.74, 6) is -0.924. The summed E-state index contributed by atoms with van der Waals surface area (Å²) in [5.41, 5.74) is 1.52. The minimum absolute atomic E-state index is 0.0173. The molecule has 0 aliphatic heterocycles. The van der Waals surface area contributed by atoms with Crippen molar-refractivity contribution in [2.45, 2.75) is 63.3 Å². The molecule has 0 bridgehead atoms. The van der Waals surface area contributed by atoms with Crippen molar-refractivity contribution in [3.63, 3.8) is 0 Å². The molecule has 1 aromatic rings. The lowest BCUT2D eigenvalue weighted by molar-refractivity contribution is -0.143. The predicted molar refractivity (Wildman–Crippen MR) is 91.9 cm³/mol. The van der Waals surface area contributed by atoms with Crippen molar-refractivity contribution in [2.24, 2.45) is 0 Å². The second-order valence-electron chi connectivity index (χ2n) is 6.94. The van der Waals surface area contributed by atoms with Crippen molar-refractivity contribution in [1.82, 2.24) is 5.32 Å². The quantitative estimate of drug-likeness (QED) is 0.716. The molecule has 0 unspecified atom stereocenters. The molecule has 1 aliphatic carbocycles. The largest absolute Gasteiger partial charge is 0.480 e. The Bertz CT molecular complexity index is 574. The fourth-order valence-corrected chi connectivity index (χ4v) is 3.50. The number of hydrogen-bond donors (Lipinski definition) is 3. The van der Waals surface area contributed by atoms with Gasteiger partial charge >= 0.3 is 5.97 Å². The van der Waals surface area contributed by atoms with Crippen LogP contribution in [-0.2, 0) is 15.0 Å². The summed E-state index contributed by atoms with van der Waals surface area (Å²) in [6, 6.07) is 7.06. The Kier molecular flexibility index (Phi) is 5.99. The fourth-order valence-electron chi connectivity index (χ4n) is 3.50. The van der Waals surface area contributed by atoms with Crippen molar-refractivity contribution < 1.29 is 19.8 Å². The molecule has 132 valence electrons. The molecule has 24 heavy (non-hydrogen) atoms. The summed E-state index contributed by atoms with van der Waals surface area (Å²) in [5, 5.41) is 20.9. The van der Waals surface area contributed by atoms with E-state index in [4.69, 9.17) is 5.11 Å². The van der Waals surface area contributed by atoms with Crippen LogP contribution in [0, 0.1) is 0 Å². The molecule has 1 amide bonds. The fraction of sp³-hybridized carbons (Fsp3) is 0.579. The number of carboxylic acids is 1. The van der Waals surface area contributed by atoms with E-state index in [2.05, 4.69) is 31.3 Å². The van der Waals surface area contributed by atoms with E-state index >= 15 is 0 Å². The summed E-state index contributed by atoms with van der Waals surface area (Å²) in [6.07, 6.45) is 3.38. The summed E-state index contributed by atoms with van der Waals surface area (Å²) in [4.78, 5) is 24.2. The standard InChI is InChI=1S/C19H27NO4/c1-13(2)14-5-7-15(8-6-14)19(10-3-4-11-19)18(24)20-16(9-12-21)17(22)23/h5-8,13,16,21H,3-4,9-12H2,1-2H3,(H,20,24)(H,22,23)/t16-/m0/s1. The normalized spacial score (nSPS) is 17.7. The lowest BCUT2D eigenvalue weighted by Crippen LogP contribution is -2.50. The number of nitrogens with one attached hydrogen (secondary N) is 1. The Balaban J connectivity index is 2.26. The monoisotopic (exact) mass is 333 g/mol. The van der Waals surface area contributed by atoms with Gasteiger partial charge < -0.3 is 15.5 Å². The van der Waals surface area contributed by atoms with Gasteiger partial charge in [0.25, 0.3) is 0 Å². The van der Waals surface area contributed by atoms with Crippen LogP contribution in [0.5, 0.6) is 0 Å². The van der Waals surface area contributed by atoms with E-state index < -0.39 is 17.4 Å². The minimum atomic E-state index is -1.11. The van der Waals surface area contributed by atoms with Gasteiger partial charge in [0, 0.05) is 13.0 Å². The van der Waals surface area contributed by atoms with Crippen molar-refractivity contribution in [3.05, 3.63) is 35.4 Å². The smallest absolute Gasteiger partial charge is 0.326 e. The summed E-state index contributed by atoms with van der Waals surface area (Å²) >= 11 is 0. The summed E-state index contributed by atoms with van der Waals surface area (Å²) in [6.45, 7) is 3.98. The molecule has 1 aromatic carbocycles. The third-order valence-corrected chi connectivity index (χ3v) is 5.04. The zero-order chi connectivity index (χ0) is 17.7. The number of hydrogen-bond acceptors (Lipinski definition) is 3. The Labute approximate surface area is 143 Å². The van der Waals surface area contributed by atoms with E-state index in [1.807, 2.05) is 12.1 Å². The van der Waals surface area contributed by atoms with Crippen molar-refractivity contribution >= 4 is 11.9 Å². The third-order valence-electron chi connectivity index (χ3n) is 5.04. The molecule has 0 saturated heterocycles. The van der Waals surface area contributed by atoms with Crippen molar-refractivity contribution in [1.29, 1.82) is 0 Å². The number of aliphatic hydroxyl groups excluding tert-OH is 1. The van der Waals surface area contributed by atoms with Crippen LogP contribution in [0.2, 0.25) is 0 Å². The van der Waals surface area contributed by atoms with Crippen LogP contribution < -0.4 is 5.32 Å². The van der Waals surface area contributed by atoms with E-state index in [0.29, 0.717) is 5.92 Å². The van der Waals surface area contributed by atoms with Crippen LogP contribution in [0.4, 0.5) is 0 Å². The second kappa shape index (κ2) is 7.79. The number of carbonyl (C=O) groups is 2. The van der Waals surface area contributed by atoms with Crippen LogP contribution in [0.25, 0.3) is 0 Å². The predicted octanol–water partition coefficient (Wildman–Crippen LogP) is 2.57. The number of rotatable bonds is 7. The molecule has 5 heteroatoms. The second-order valence-corrected chi connectivity index (χ2v) is 6.94. The first-order chi connectivity index (χ1) is 11.4. The van der Waals surface area contributed by atoms with Crippen molar-refractivity contribution in [2.75, 3.05) is 6.61 Å². The van der Waals surface area contributed by atoms with Gasteiger partial charge in [-0.2, -0.15) is 0 Å². The molecule has 3 N–H and O–H groups in total. The third kappa shape index (κ3) is 3.78. The SMILES string of the molecule is CC(C)c1ccc(C2(C(=O)N[C@@H](CCO)C(=O)O)CCCC2)cc1. The van der Waals surface area contributed by atoms with Gasteiger partial charge in [0.1, 0.15) is 6.04 Å². The average Bonchev–Trinajstić information content (AvgIpc) is 3.05. The molecule has 2 rings (SSSR count). The number of benzene rings is 1.